The van der Waals surface area contributed by atoms with Gasteiger partial charge in [-0.15, -0.1) is 12.4 Å². The van der Waals surface area contributed by atoms with Crippen LogP contribution in [0.3, 0.4) is 0 Å². The second-order valence-electron chi connectivity index (χ2n) is 3.67. The molecule has 1 fully saturated rings. The molecule has 0 radical (unpaired) electrons. The van der Waals surface area contributed by atoms with Gasteiger partial charge in [0.15, 0.2) is 0 Å². The maximum absolute atomic E-state index is 9.56. The van der Waals surface area contributed by atoms with E-state index in [1.165, 1.54) is 0 Å². The minimum Gasteiger partial charge on any atom is -0.391 e. The van der Waals surface area contributed by atoms with Gasteiger partial charge in [-0.1, -0.05) is 0 Å². The number of aliphatic hydroxyl groups excluding tert-OH is 1. The molecule has 3 atom stereocenters. The van der Waals surface area contributed by atoms with E-state index < -0.39 is 0 Å². The van der Waals surface area contributed by atoms with E-state index in [-0.39, 0.29) is 30.6 Å². The van der Waals surface area contributed by atoms with Crippen LogP contribution in [0.4, 0.5) is 0 Å². The molecular formula is C8H19ClN2O. The summed E-state index contributed by atoms with van der Waals surface area (Å²) in [4.78, 5) is 2.06. The number of nitrogens with two attached hydrogens (primary N) is 1. The smallest absolute Gasteiger partial charge is 0.0696 e. The molecule has 3 nitrogen and oxygen atoms in total. The molecule has 0 spiro atoms. The van der Waals surface area contributed by atoms with Crippen molar-refractivity contribution in [2.75, 3.05) is 14.1 Å². The lowest BCUT2D eigenvalue weighted by Crippen LogP contribution is -2.47. The van der Waals surface area contributed by atoms with Crippen molar-refractivity contribution < 1.29 is 5.11 Å². The van der Waals surface area contributed by atoms with Gasteiger partial charge < -0.3 is 15.7 Å². The predicted molar refractivity (Wildman–Crippen MR) is 52.6 cm³/mol. The summed E-state index contributed by atoms with van der Waals surface area (Å²) in [7, 11) is 3.98. The van der Waals surface area contributed by atoms with Gasteiger partial charge in [-0.05, 0) is 33.4 Å². The first-order valence-electron chi connectivity index (χ1n) is 4.21. The summed E-state index contributed by atoms with van der Waals surface area (Å²) in [5.74, 6) is 0. The van der Waals surface area contributed by atoms with Crippen LogP contribution in [0.1, 0.15) is 19.3 Å². The van der Waals surface area contributed by atoms with Crippen molar-refractivity contribution in [3.8, 4) is 0 Å². The lowest BCUT2D eigenvalue weighted by atomic mass is 9.88. The lowest BCUT2D eigenvalue weighted by Gasteiger charge is -2.35. The SMILES string of the molecule is CN(C)[C@H]1C[C@@H](N)CC[C@@H]1O.Cl. The fourth-order valence-electron chi connectivity index (χ4n) is 1.72. The van der Waals surface area contributed by atoms with Crippen LogP contribution in [0.2, 0.25) is 0 Å². The molecule has 74 valence electrons. The molecule has 0 aromatic rings. The molecule has 1 rings (SSSR count). The van der Waals surface area contributed by atoms with Gasteiger partial charge in [0, 0.05) is 12.1 Å². The van der Waals surface area contributed by atoms with Gasteiger partial charge in [0.05, 0.1) is 6.10 Å². The van der Waals surface area contributed by atoms with Crippen molar-refractivity contribution >= 4 is 12.4 Å². The molecule has 0 aromatic carbocycles. The van der Waals surface area contributed by atoms with Crippen LogP contribution in [0.25, 0.3) is 0 Å². The van der Waals surface area contributed by atoms with Crippen LogP contribution in [0.15, 0.2) is 0 Å². The quantitative estimate of drug-likeness (QED) is 0.628. The van der Waals surface area contributed by atoms with Gasteiger partial charge in [-0.2, -0.15) is 0 Å². The maximum Gasteiger partial charge on any atom is 0.0696 e. The summed E-state index contributed by atoms with van der Waals surface area (Å²) >= 11 is 0. The molecule has 0 bridgehead atoms. The monoisotopic (exact) mass is 194 g/mol. The lowest BCUT2D eigenvalue weighted by molar-refractivity contribution is 0.0374. The van der Waals surface area contributed by atoms with Crippen LogP contribution in [0, 0.1) is 0 Å². The van der Waals surface area contributed by atoms with Crippen molar-refractivity contribution in [2.24, 2.45) is 5.73 Å². The van der Waals surface area contributed by atoms with Crippen molar-refractivity contribution in [3.05, 3.63) is 0 Å². The van der Waals surface area contributed by atoms with Crippen LogP contribution in [-0.2, 0) is 0 Å². The zero-order valence-corrected chi connectivity index (χ0v) is 8.55. The predicted octanol–water partition coefficient (Wildman–Crippen LogP) is 0.210. The molecule has 0 saturated heterocycles. The number of rotatable bonds is 1. The zero-order valence-electron chi connectivity index (χ0n) is 7.73. The fraction of sp³-hybridized carbons (Fsp3) is 1.00. The molecule has 1 aliphatic carbocycles. The zero-order chi connectivity index (χ0) is 8.43. The summed E-state index contributed by atoms with van der Waals surface area (Å²) in [5.41, 5.74) is 5.79. The largest absolute Gasteiger partial charge is 0.391 e. The first-order valence-corrected chi connectivity index (χ1v) is 4.21. The highest BCUT2D eigenvalue weighted by Gasteiger charge is 2.28. The van der Waals surface area contributed by atoms with Crippen molar-refractivity contribution in [2.45, 2.75) is 37.5 Å². The average Bonchev–Trinajstić information content (AvgIpc) is 1.94. The Hall–Kier alpha value is 0.170. The Morgan fingerprint density at radius 1 is 1.33 bits per heavy atom. The highest BCUT2D eigenvalue weighted by Crippen LogP contribution is 2.20. The van der Waals surface area contributed by atoms with E-state index in [1.54, 1.807) is 0 Å². The Morgan fingerprint density at radius 2 is 1.92 bits per heavy atom. The van der Waals surface area contributed by atoms with Crippen molar-refractivity contribution in [1.29, 1.82) is 0 Å². The molecule has 12 heavy (non-hydrogen) atoms. The number of halogens is 1. The van der Waals surface area contributed by atoms with Crippen LogP contribution in [0.5, 0.6) is 0 Å². The number of hydrogen-bond acceptors (Lipinski definition) is 3. The molecule has 4 heteroatoms. The molecule has 0 heterocycles. The summed E-state index contributed by atoms with van der Waals surface area (Å²) in [5, 5.41) is 9.56. The van der Waals surface area contributed by atoms with Crippen LogP contribution >= 0.6 is 12.4 Å². The van der Waals surface area contributed by atoms with E-state index in [0.717, 1.165) is 19.3 Å². The second kappa shape index (κ2) is 5.02. The Bertz CT molecular complexity index is 132. The van der Waals surface area contributed by atoms with Gasteiger partial charge in [-0.3, -0.25) is 0 Å². The fourth-order valence-corrected chi connectivity index (χ4v) is 1.72. The summed E-state index contributed by atoms with van der Waals surface area (Å²) in [6.07, 6.45) is 2.56. The van der Waals surface area contributed by atoms with E-state index >= 15 is 0 Å². The van der Waals surface area contributed by atoms with E-state index in [0.29, 0.717) is 0 Å². The molecule has 1 saturated carbocycles. The Labute approximate surface area is 80.3 Å². The standard InChI is InChI=1S/C8H18N2O.ClH/c1-10(2)7-5-6(9)3-4-8(7)11;/h6-8,11H,3-5,9H2,1-2H3;1H/t6-,7-,8-;/m0./s1. The molecule has 3 N–H and O–H groups in total. The Balaban J connectivity index is 0.00000121. The minimum absolute atomic E-state index is 0. The highest BCUT2D eigenvalue weighted by atomic mass is 35.5. The number of nitrogens with zero attached hydrogens (tertiary/aromatic N) is 1. The average molecular weight is 195 g/mol. The summed E-state index contributed by atoms with van der Waals surface area (Å²) in [6, 6.07) is 0.546. The van der Waals surface area contributed by atoms with Crippen molar-refractivity contribution in [1.82, 2.24) is 4.90 Å². The first kappa shape index (κ1) is 12.2. The molecule has 0 aromatic heterocycles. The topological polar surface area (TPSA) is 49.5 Å². The minimum atomic E-state index is -0.176. The second-order valence-corrected chi connectivity index (χ2v) is 3.67. The third-order valence-electron chi connectivity index (χ3n) is 2.48. The summed E-state index contributed by atoms with van der Waals surface area (Å²) < 4.78 is 0. The molecule has 0 amide bonds. The first-order chi connectivity index (χ1) is 5.11. The van der Waals surface area contributed by atoms with E-state index in [4.69, 9.17) is 5.73 Å². The maximum atomic E-state index is 9.56. The molecule has 0 aliphatic heterocycles. The third-order valence-corrected chi connectivity index (χ3v) is 2.48. The Kier molecular flexibility index (Phi) is 5.09. The molecular weight excluding hydrogens is 176 g/mol. The van der Waals surface area contributed by atoms with Crippen LogP contribution in [-0.4, -0.2) is 42.3 Å². The molecule has 0 unspecified atom stereocenters. The normalized spacial score (nSPS) is 36.2. The third kappa shape index (κ3) is 2.90. The van der Waals surface area contributed by atoms with E-state index in [9.17, 15) is 5.11 Å². The van der Waals surface area contributed by atoms with Gasteiger partial charge in [0.1, 0.15) is 0 Å². The van der Waals surface area contributed by atoms with Crippen molar-refractivity contribution in [3.63, 3.8) is 0 Å². The molecule has 1 aliphatic rings. The Morgan fingerprint density at radius 3 is 2.33 bits per heavy atom. The van der Waals surface area contributed by atoms with E-state index in [2.05, 4.69) is 4.90 Å². The van der Waals surface area contributed by atoms with E-state index in [1.807, 2.05) is 14.1 Å². The summed E-state index contributed by atoms with van der Waals surface area (Å²) in [6.45, 7) is 0. The number of aliphatic hydroxyl groups is 1. The number of hydrogen-bond donors (Lipinski definition) is 2. The van der Waals surface area contributed by atoms with Gasteiger partial charge in [0.25, 0.3) is 0 Å². The number of likely N-dealkylation sites (N-methyl/N-ethyl adjacent to an activating group) is 1. The van der Waals surface area contributed by atoms with Gasteiger partial charge in [0.2, 0.25) is 0 Å². The van der Waals surface area contributed by atoms with Gasteiger partial charge in [-0.25, -0.2) is 0 Å². The van der Waals surface area contributed by atoms with Gasteiger partial charge >= 0.3 is 0 Å². The van der Waals surface area contributed by atoms with Crippen LogP contribution < -0.4 is 5.73 Å². The highest BCUT2D eigenvalue weighted by molar-refractivity contribution is 5.85.